The molecule has 2 aliphatic rings. The van der Waals surface area contributed by atoms with E-state index in [1.54, 1.807) is 10.9 Å². The lowest BCUT2D eigenvalue weighted by atomic mass is 9.92. The lowest BCUT2D eigenvalue weighted by Gasteiger charge is -2.41. The predicted molar refractivity (Wildman–Crippen MR) is 110 cm³/mol. The molecule has 1 aromatic carbocycles. The molecule has 0 amide bonds. The first-order valence-corrected chi connectivity index (χ1v) is 10.1. The zero-order valence-electron chi connectivity index (χ0n) is 15.9. The minimum absolute atomic E-state index is 0.0568. The highest BCUT2D eigenvalue weighted by molar-refractivity contribution is 5.46. The lowest BCUT2D eigenvalue weighted by molar-refractivity contribution is 0.169. The second-order valence-corrected chi connectivity index (χ2v) is 7.65. The van der Waals surface area contributed by atoms with Crippen molar-refractivity contribution in [1.82, 2.24) is 19.7 Å². The predicted octanol–water partition coefficient (Wildman–Crippen LogP) is 2.24. The maximum Gasteiger partial charge on any atom is 0.276 e. The summed E-state index contributed by atoms with van der Waals surface area (Å²) < 4.78 is 1.60. The SMILES string of the molecule is O=c1c2c([nH]n1-c1ccccn1)CCC(N1CCN(c3ccccc3)CC1)C2. The van der Waals surface area contributed by atoms with Gasteiger partial charge in [0, 0.05) is 55.4 Å². The highest BCUT2D eigenvalue weighted by Gasteiger charge is 2.30. The van der Waals surface area contributed by atoms with Crippen LogP contribution in [0.4, 0.5) is 5.69 Å². The van der Waals surface area contributed by atoms with Crippen molar-refractivity contribution in [3.8, 4) is 5.82 Å². The summed E-state index contributed by atoms with van der Waals surface area (Å²) in [6.07, 6.45) is 4.57. The van der Waals surface area contributed by atoms with E-state index in [0.29, 0.717) is 11.9 Å². The normalized spacial score (nSPS) is 20.1. The molecule has 0 saturated carbocycles. The van der Waals surface area contributed by atoms with Crippen molar-refractivity contribution in [2.45, 2.75) is 25.3 Å². The van der Waals surface area contributed by atoms with E-state index in [2.05, 4.69) is 50.2 Å². The molecule has 1 unspecified atom stereocenters. The topological polar surface area (TPSA) is 57.2 Å². The number of anilines is 1. The highest BCUT2D eigenvalue weighted by atomic mass is 16.1. The van der Waals surface area contributed by atoms with Gasteiger partial charge in [0.2, 0.25) is 0 Å². The largest absolute Gasteiger partial charge is 0.369 e. The molecular weight excluding hydrogens is 350 g/mol. The summed E-state index contributed by atoms with van der Waals surface area (Å²) in [6, 6.07) is 16.7. The van der Waals surface area contributed by atoms with Gasteiger partial charge in [0.15, 0.2) is 5.82 Å². The first kappa shape index (κ1) is 17.3. The molecule has 1 aliphatic carbocycles. The quantitative estimate of drug-likeness (QED) is 0.763. The minimum Gasteiger partial charge on any atom is -0.369 e. The number of hydrogen-bond acceptors (Lipinski definition) is 4. The van der Waals surface area contributed by atoms with Crippen molar-refractivity contribution in [1.29, 1.82) is 0 Å². The van der Waals surface area contributed by atoms with Crippen LogP contribution in [0, 0.1) is 0 Å². The van der Waals surface area contributed by atoms with E-state index in [1.807, 2.05) is 18.2 Å². The number of aromatic nitrogens is 3. The van der Waals surface area contributed by atoms with Crippen molar-refractivity contribution in [2.24, 2.45) is 0 Å². The smallest absolute Gasteiger partial charge is 0.276 e. The molecule has 28 heavy (non-hydrogen) atoms. The third-order valence-electron chi connectivity index (χ3n) is 6.07. The third kappa shape index (κ3) is 3.14. The van der Waals surface area contributed by atoms with Gasteiger partial charge >= 0.3 is 0 Å². The number of nitrogens with zero attached hydrogens (tertiary/aromatic N) is 4. The standard InChI is InChI=1S/C22H25N5O/c28-22-19-16-18(9-10-20(19)24-27(22)21-8-4-5-11-23-21)26-14-12-25(13-15-26)17-6-2-1-3-7-17/h1-8,11,18,24H,9-10,12-16H2. The Kier molecular flexibility index (Phi) is 4.49. The van der Waals surface area contributed by atoms with Gasteiger partial charge in [-0.15, -0.1) is 0 Å². The van der Waals surface area contributed by atoms with Gasteiger partial charge in [-0.25, -0.2) is 9.67 Å². The Labute approximate surface area is 164 Å². The Bertz CT molecular complexity index is 987. The molecule has 1 fully saturated rings. The van der Waals surface area contributed by atoms with Crippen LogP contribution < -0.4 is 10.5 Å². The van der Waals surface area contributed by atoms with Crippen LogP contribution in [-0.2, 0) is 12.8 Å². The van der Waals surface area contributed by atoms with E-state index < -0.39 is 0 Å². The Balaban J connectivity index is 1.29. The molecule has 0 radical (unpaired) electrons. The van der Waals surface area contributed by atoms with E-state index in [1.165, 1.54) is 5.69 Å². The van der Waals surface area contributed by atoms with Gasteiger partial charge in [0.25, 0.3) is 5.56 Å². The van der Waals surface area contributed by atoms with Crippen LogP contribution in [0.25, 0.3) is 5.82 Å². The Hall–Kier alpha value is -2.86. The van der Waals surface area contributed by atoms with Crippen molar-refractivity contribution in [2.75, 3.05) is 31.1 Å². The van der Waals surface area contributed by atoms with Gasteiger partial charge in [-0.1, -0.05) is 24.3 Å². The van der Waals surface area contributed by atoms with Crippen molar-refractivity contribution in [3.63, 3.8) is 0 Å². The number of aryl methyl sites for hydroxylation is 1. The summed E-state index contributed by atoms with van der Waals surface area (Å²) in [4.78, 5) is 22.3. The molecule has 2 aromatic heterocycles. The minimum atomic E-state index is 0.0568. The van der Waals surface area contributed by atoms with Gasteiger partial charge < -0.3 is 4.90 Å². The average Bonchev–Trinajstić information content (AvgIpc) is 3.11. The van der Waals surface area contributed by atoms with Crippen LogP contribution in [0.3, 0.4) is 0 Å². The summed E-state index contributed by atoms with van der Waals surface area (Å²) in [5.41, 5.74) is 3.38. The number of rotatable bonds is 3. The Morgan fingerprint density at radius 2 is 1.75 bits per heavy atom. The number of aromatic amines is 1. The summed E-state index contributed by atoms with van der Waals surface area (Å²) in [7, 11) is 0. The molecule has 5 rings (SSSR count). The first-order valence-electron chi connectivity index (χ1n) is 10.1. The molecule has 3 heterocycles. The molecule has 1 aliphatic heterocycles. The van der Waals surface area contributed by atoms with Crippen LogP contribution in [0.15, 0.2) is 59.5 Å². The van der Waals surface area contributed by atoms with E-state index >= 15 is 0 Å². The zero-order chi connectivity index (χ0) is 18.9. The summed E-state index contributed by atoms with van der Waals surface area (Å²) in [6.45, 7) is 4.18. The molecule has 1 N–H and O–H groups in total. The van der Waals surface area contributed by atoms with Crippen molar-refractivity contribution in [3.05, 3.63) is 76.3 Å². The Morgan fingerprint density at radius 3 is 2.50 bits per heavy atom. The third-order valence-corrected chi connectivity index (χ3v) is 6.07. The number of fused-ring (bicyclic) bond motifs is 1. The summed E-state index contributed by atoms with van der Waals surface area (Å²) in [5, 5.41) is 3.29. The van der Waals surface area contributed by atoms with Gasteiger partial charge in [0.05, 0.1) is 0 Å². The molecule has 0 spiro atoms. The maximum atomic E-state index is 12.9. The van der Waals surface area contributed by atoms with Gasteiger partial charge in [-0.05, 0) is 43.5 Å². The van der Waals surface area contributed by atoms with Gasteiger partial charge in [-0.3, -0.25) is 14.8 Å². The number of pyridine rings is 1. The molecule has 6 heteroatoms. The average molecular weight is 375 g/mol. The van der Waals surface area contributed by atoms with Crippen LogP contribution in [-0.4, -0.2) is 51.9 Å². The molecule has 3 aromatic rings. The van der Waals surface area contributed by atoms with Crippen molar-refractivity contribution < 1.29 is 0 Å². The molecule has 144 valence electrons. The number of para-hydroxylation sites is 1. The second-order valence-electron chi connectivity index (χ2n) is 7.65. The molecule has 1 atom stereocenters. The number of H-pyrrole nitrogens is 1. The van der Waals surface area contributed by atoms with E-state index in [4.69, 9.17) is 0 Å². The lowest BCUT2D eigenvalue weighted by Crippen LogP contribution is -2.52. The molecule has 6 nitrogen and oxygen atoms in total. The van der Waals surface area contributed by atoms with Crippen LogP contribution in [0.2, 0.25) is 0 Å². The van der Waals surface area contributed by atoms with E-state index in [9.17, 15) is 4.79 Å². The highest BCUT2D eigenvalue weighted by Crippen LogP contribution is 2.24. The number of nitrogens with one attached hydrogen (secondary N) is 1. The first-order chi connectivity index (χ1) is 13.8. The second kappa shape index (κ2) is 7.28. The molecule has 1 saturated heterocycles. The molecule has 0 bridgehead atoms. The Morgan fingerprint density at radius 1 is 0.964 bits per heavy atom. The van der Waals surface area contributed by atoms with Gasteiger partial charge in [0.1, 0.15) is 0 Å². The van der Waals surface area contributed by atoms with E-state index in [-0.39, 0.29) is 5.56 Å². The fraction of sp³-hybridized carbons (Fsp3) is 0.364. The van der Waals surface area contributed by atoms with Crippen LogP contribution in [0.1, 0.15) is 17.7 Å². The monoisotopic (exact) mass is 375 g/mol. The number of benzene rings is 1. The van der Waals surface area contributed by atoms with Crippen LogP contribution >= 0.6 is 0 Å². The molecular formula is C22H25N5O. The zero-order valence-corrected chi connectivity index (χ0v) is 15.9. The number of piperazine rings is 1. The maximum absolute atomic E-state index is 12.9. The fourth-order valence-corrected chi connectivity index (χ4v) is 4.53. The van der Waals surface area contributed by atoms with Gasteiger partial charge in [-0.2, -0.15) is 0 Å². The summed E-state index contributed by atoms with van der Waals surface area (Å²) in [5.74, 6) is 0.662. The number of hydrogen-bond donors (Lipinski definition) is 1. The fourth-order valence-electron chi connectivity index (χ4n) is 4.53. The summed E-state index contributed by atoms with van der Waals surface area (Å²) >= 11 is 0. The van der Waals surface area contributed by atoms with Crippen molar-refractivity contribution >= 4 is 5.69 Å². The van der Waals surface area contributed by atoms with Crippen LogP contribution in [0.5, 0.6) is 0 Å². The van der Waals surface area contributed by atoms with E-state index in [0.717, 1.165) is 56.7 Å².